The van der Waals surface area contributed by atoms with Gasteiger partial charge in [-0.25, -0.2) is 12.8 Å². The molecule has 0 radical (unpaired) electrons. The monoisotopic (exact) mass is 482 g/mol. The lowest BCUT2D eigenvalue weighted by atomic mass is 10.2. The van der Waals surface area contributed by atoms with E-state index in [4.69, 9.17) is 23.2 Å². The van der Waals surface area contributed by atoms with Gasteiger partial charge in [-0.2, -0.15) is 5.10 Å². The zero-order chi connectivity index (χ0) is 22.6. The highest BCUT2D eigenvalue weighted by atomic mass is 35.5. The van der Waals surface area contributed by atoms with Crippen LogP contribution >= 0.6 is 23.2 Å². The SMILES string of the molecule is O=[N+]([O-])c1cc(S(=O)(=O)Nc2cccc(Cl)c2)ccc1NN=Cc1c(F)cccc1Cl. The number of nitrogens with one attached hydrogen (secondary N) is 2. The fourth-order valence-corrected chi connectivity index (χ4v) is 3.96. The van der Waals surface area contributed by atoms with E-state index in [1.54, 1.807) is 12.1 Å². The fourth-order valence-electron chi connectivity index (χ4n) is 2.49. The van der Waals surface area contributed by atoms with Gasteiger partial charge >= 0.3 is 0 Å². The van der Waals surface area contributed by atoms with Gasteiger partial charge in [-0.3, -0.25) is 20.3 Å². The summed E-state index contributed by atoms with van der Waals surface area (Å²) in [7, 11) is -4.12. The fraction of sp³-hybridized carbons (Fsp3) is 0. The van der Waals surface area contributed by atoms with E-state index in [2.05, 4.69) is 15.2 Å². The van der Waals surface area contributed by atoms with Crippen LogP contribution in [0, 0.1) is 15.9 Å². The van der Waals surface area contributed by atoms with Crippen LogP contribution in [0.1, 0.15) is 5.56 Å². The molecule has 3 rings (SSSR count). The zero-order valence-corrected chi connectivity index (χ0v) is 17.7. The van der Waals surface area contributed by atoms with Crippen molar-refractivity contribution in [1.82, 2.24) is 0 Å². The van der Waals surface area contributed by atoms with Crippen LogP contribution < -0.4 is 10.1 Å². The van der Waals surface area contributed by atoms with Crippen LogP contribution in [-0.4, -0.2) is 19.6 Å². The molecule has 0 atom stereocenters. The summed E-state index contributed by atoms with van der Waals surface area (Å²) in [5.74, 6) is -0.624. The molecule has 8 nitrogen and oxygen atoms in total. The number of benzene rings is 3. The first-order valence-corrected chi connectivity index (χ1v) is 10.7. The molecule has 0 fully saturated rings. The van der Waals surface area contributed by atoms with E-state index in [0.717, 1.165) is 18.3 Å². The summed E-state index contributed by atoms with van der Waals surface area (Å²) >= 11 is 11.7. The second kappa shape index (κ2) is 9.29. The molecule has 0 aliphatic rings. The molecular weight excluding hydrogens is 470 g/mol. The Morgan fingerprint density at radius 2 is 1.81 bits per heavy atom. The minimum Gasteiger partial charge on any atom is -0.280 e. The lowest BCUT2D eigenvalue weighted by molar-refractivity contribution is -0.384. The molecule has 0 aliphatic carbocycles. The molecule has 0 saturated carbocycles. The van der Waals surface area contributed by atoms with E-state index in [0.29, 0.717) is 5.02 Å². The van der Waals surface area contributed by atoms with Gasteiger partial charge in [0.15, 0.2) is 0 Å². The Morgan fingerprint density at radius 3 is 2.48 bits per heavy atom. The number of hydrazone groups is 1. The number of sulfonamides is 1. The highest BCUT2D eigenvalue weighted by molar-refractivity contribution is 7.92. The molecule has 0 unspecified atom stereocenters. The van der Waals surface area contributed by atoms with E-state index >= 15 is 0 Å². The molecule has 0 bridgehead atoms. The number of nitrogens with zero attached hydrogens (tertiary/aromatic N) is 2. The van der Waals surface area contributed by atoms with Crippen molar-refractivity contribution < 1.29 is 17.7 Å². The van der Waals surface area contributed by atoms with Gasteiger partial charge in [0, 0.05) is 16.7 Å². The number of hydrogen-bond donors (Lipinski definition) is 2. The highest BCUT2D eigenvalue weighted by Gasteiger charge is 2.21. The van der Waals surface area contributed by atoms with Crippen molar-refractivity contribution >= 4 is 56.5 Å². The van der Waals surface area contributed by atoms with Gasteiger partial charge < -0.3 is 0 Å². The van der Waals surface area contributed by atoms with Crippen molar-refractivity contribution in [3.8, 4) is 0 Å². The Morgan fingerprint density at radius 1 is 1.06 bits per heavy atom. The maximum Gasteiger partial charge on any atom is 0.295 e. The van der Waals surface area contributed by atoms with Gasteiger partial charge in [-0.15, -0.1) is 0 Å². The number of halogens is 3. The summed E-state index contributed by atoms with van der Waals surface area (Å²) in [6, 6.07) is 13.3. The number of anilines is 2. The zero-order valence-electron chi connectivity index (χ0n) is 15.4. The average Bonchev–Trinajstić information content (AvgIpc) is 2.69. The molecule has 160 valence electrons. The quantitative estimate of drug-likeness (QED) is 0.269. The van der Waals surface area contributed by atoms with Gasteiger partial charge in [0.05, 0.1) is 26.7 Å². The van der Waals surface area contributed by atoms with E-state index in [1.165, 1.54) is 36.4 Å². The molecule has 3 aromatic carbocycles. The molecule has 31 heavy (non-hydrogen) atoms. The van der Waals surface area contributed by atoms with E-state index < -0.39 is 26.5 Å². The predicted molar refractivity (Wildman–Crippen MR) is 118 cm³/mol. The van der Waals surface area contributed by atoms with E-state index in [1.807, 2.05) is 0 Å². The summed E-state index contributed by atoms with van der Waals surface area (Å²) < 4.78 is 41.3. The van der Waals surface area contributed by atoms with Crippen LogP contribution in [0.2, 0.25) is 10.0 Å². The van der Waals surface area contributed by atoms with Crippen LogP contribution in [0.15, 0.2) is 70.7 Å². The third-order valence-electron chi connectivity index (χ3n) is 3.93. The molecule has 0 aromatic heterocycles. The Balaban J connectivity index is 1.87. The lowest BCUT2D eigenvalue weighted by Gasteiger charge is -2.09. The third-order valence-corrected chi connectivity index (χ3v) is 5.88. The molecule has 2 N–H and O–H groups in total. The number of hydrogen-bond acceptors (Lipinski definition) is 6. The van der Waals surface area contributed by atoms with Crippen molar-refractivity contribution in [3.05, 3.63) is 92.2 Å². The minimum absolute atomic E-state index is 0.00996. The van der Waals surface area contributed by atoms with E-state index in [9.17, 15) is 22.9 Å². The lowest BCUT2D eigenvalue weighted by Crippen LogP contribution is -2.13. The molecule has 0 spiro atoms. The number of rotatable bonds is 7. The van der Waals surface area contributed by atoms with Gasteiger partial charge in [0.1, 0.15) is 11.5 Å². The van der Waals surface area contributed by atoms with Crippen LogP contribution in [0.3, 0.4) is 0 Å². The van der Waals surface area contributed by atoms with Crippen molar-refractivity contribution in [2.75, 3.05) is 10.1 Å². The minimum atomic E-state index is -4.12. The summed E-state index contributed by atoms with van der Waals surface area (Å²) in [4.78, 5) is 10.3. The van der Waals surface area contributed by atoms with Crippen molar-refractivity contribution in [1.29, 1.82) is 0 Å². The second-order valence-corrected chi connectivity index (χ2v) is 8.58. The van der Waals surface area contributed by atoms with Crippen molar-refractivity contribution in [2.24, 2.45) is 5.10 Å². The molecule has 0 saturated heterocycles. The summed E-state index contributed by atoms with van der Waals surface area (Å²) in [5, 5.41) is 15.6. The maximum absolute atomic E-state index is 13.8. The van der Waals surface area contributed by atoms with Crippen molar-refractivity contribution in [3.63, 3.8) is 0 Å². The Bertz CT molecular complexity index is 1270. The van der Waals surface area contributed by atoms with Gasteiger partial charge in [-0.05, 0) is 42.5 Å². The van der Waals surface area contributed by atoms with E-state index in [-0.39, 0.29) is 26.9 Å². The predicted octanol–water partition coefficient (Wildman–Crippen LogP) is 5.29. The molecular formula is C19H13Cl2FN4O4S. The largest absolute Gasteiger partial charge is 0.295 e. The van der Waals surface area contributed by atoms with Crippen LogP contribution in [0.4, 0.5) is 21.5 Å². The van der Waals surface area contributed by atoms with Crippen molar-refractivity contribution in [2.45, 2.75) is 4.90 Å². The highest BCUT2D eigenvalue weighted by Crippen LogP contribution is 2.29. The number of nitro groups is 1. The maximum atomic E-state index is 13.8. The first-order valence-electron chi connectivity index (χ1n) is 8.47. The molecule has 0 heterocycles. The first kappa shape index (κ1) is 22.5. The Hall–Kier alpha value is -3.21. The number of nitro benzene ring substituents is 1. The Labute approximate surface area is 186 Å². The third kappa shape index (κ3) is 5.48. The standard InChI is InChI=1S/C19H13Cl2FN4O4S/c20-12-3-1-4-13(9-12)25-31(29,30)14-7-8-18(19(10-14)26(27)28)24-23-11-15-16(21)5-2-6-17(15)22/h1-11,24-25H. The molecule has 0 amide bonds. The van der Waals surface area contributed by atoms with Gasteiger partial charge in [0.25, 0.3) is 15.7 Å². The van der Waals surface area contributed by atoms with Crippen LogP contribution in [-0.2, 0) is 10.0 Å². The van der Waals surface area contributed by atoms with Gasteiger partial charge in [-0.1, -0.05) is 35.3 Å². The average molecular weight is 483 g/mol. The van der Waals surface area contributed by atoms with Gasteiger partial charge in [0.2, 0.25) is 0 Å². The topological polar surface area (TPSA) is 114 Å². The summed E-state index contributed by atoms with van der Waals surface area (Å²) in [6.45, 7) is 0. The normalized spacial score (nSPS) is 11.5. The van der Waals surface area contributed by atoms with Crippen LogP contribution in [0.25, 0.3) is 0 Å². The molecule has 12 heteroatoms. The first-order chi connectivity index (χ1) is 14.7. The van der Waals surface area contributed by atoms with Crippen LogP contribution in [0.5, 0.6) is 0 Å². The summed E-state index contributed by atoms with van der Waals surface area (Å²) in [6.07, 6.45) is 1.06. The molecule has 0 aliphatic heterocycles. The molecule has 3 aromatic rings. The smallest absolute Gasteiger partial charge is 0.280 e. The Kier molecular flexibility index (Phi) is 6.74. The second-order valence-electron chi connectivity index (χ2n) is 6.06. The summed E-state index contributed by atoms with van der Waals surface area (Å²) in [5.41, 5.74) is 1.94.